The topological polar surface area (TPSA) is 98.9 Å². The SMILES string of the molecule is O=C(CCCNC(=O)c1n[nH]c2c1CNCC2)Nc1ccc(Cl)cc1. The number of carbonyl (C=O) groups excluding carboxylic acids is 2. The minimum Gasteiger partial charge on any atom is -0.351 e. The Labute approximate surface area is 150 Å². The minimum absolute atomic E-state index is 0.0991. The molecule has 0 radical (unpaired) electrons. The summed E-state index contributed by atoms with van der Waals surface area (Å²) in [6, 6.07) is 6.93. The number of anilines is 1. The fourth-order valence-corrected chi connectivity index (χ4v) is 2.83. The van der Waals surface area contributed by atoms with Crippen molar-refractivity contribution in [2.24, 2.45) is 0 Å². The molecule has 0 saturated carbocycles. The van der Waals surface area contributed by atoms with Crippen LogP contribution in [0.2, 0.25) is 5.02 Å². The lowest BCUT2D eigenvalue weighted by molar-refractivity contribution is -0.116. The number of fused-ring (bicyclic) bond motifs is 1. The van der Waals surface area contributed by atoms with E-state index in [1.54, 1.807) is 24.3 Å². The first-order valence-corrected chi connectivity index (χ1v) is 8.62. The second-order valence-corrected chi connectivity index (χ2v) is 6.31. The molecule has 132 valence electrons. The van der Waals surface area contributed by atoms with Crippen molar-refractivity contribution >= 4 is 29.1 Å². The summed E-state index contributed by atoms with van der Waals surface area (Å²) >= 11 is 5.80. The average Bonchev–Trinajstić information content (AvgIpc) is 3.05. The molecule has 2 heterocycles. The molecular formula is C17H20ClN5O2. The number of nitrogens with zero attached hydrogens (tertiary/aromatic N) is 1. The largest absolute Gasteiger partial charge is 0.351 e. The zero-order chi connectivity index (χ0) is 17.6. The maximum absolute atomic E-state index is 12.2. The number of aromatic amines is 1. The number of nitrogens with one attached hydrogen (secondary N) is 4. The van der Waals surface area contributed by atoms with Crippen LogP contribution in [0.1, 0.15) is 34.6 Å². The van der Waals surface area contributed by atoms with Gasteiger partial charge in [0.05, 0.1) is 0 Å². The van der Waals surface area contributed by atoms with Crippen molar-refractivity contribution < 1.29 is 9.59 Å². The number of aromatic nitrogens is 2. The summed E-state index contributed by atoms with van der Waals surface area (Å²) in [6.45, 7) is 1.96. The van der Waals surface area contributed by atoms with Crippen LogP contribution in [0.25, 0.3) is 0 Å². The van der Waals surface area contributed by atoms with Gasteiger partial charge in [0.1, 0.15) is 0 Å². The third-order valence-corrected chi connectivity index (χ3v) is 4.27. The van der Waals surface area contributed by atoms with E-state index in [-0.39, 0.29) is 11.8 Å². The molecule has 2 aromatic rings. The van der Waals surface area contributed by atoms with Crippen molar-refractivity contribution in [3.8, 4) is 0 Å². The van der Waals surface area contributed by atoms with Crippen molar-refractivity contribution in [3.05, 3.63) is 46.2 Å². The van der Waals surface area contributed by atoms with Gasteiger partial charge in [-0.25, -0.2) is 0 Å². The van der Waals surface area contributed by atoms with Gasteiger partial charge >= 0.3 is 0 Å². The fraction of sp³-hybridized carbons (Fsp3) is 0.353. The second kappa shape index (κ2) is 8.13. The summed E-state index contributed by atoms with van der Waals surface area (Å²) < 4.78 is 0. The third-order valence-electron chi connectivity index (χ3n) is 4.02. The summed E-state index contributed by atoms with van der Waals surface area (Å²) in [5.74, 6) is -0.308. The van der Waals surface area contributed by atoms with Gasteiger partial charge in [0.15, 0.2) is 5.69 Å². The molecule has 0 bridgehead atoms. The van der Waals surface area contributed by atoms with Crippen LogP contribution in [0.5, 0.6) is 0 Å². The van der Waals surface area contributed by atoms with E-state index < -0.39 is 0 Å². The van der Waals surface area contributed by atoms with Crippen molar-refractivity contribution in [1.82, 2.24) is 20.8 Å². The van der Waals surface area contributed by atoms with Crippen LogP contribution in [0.4, 0.5) is 5.69 Å². The van der Waals surface area contributed by atoms with Gasteiger partial charge in [-0.15, -0.1) is 0 Å². The van der Waals surface area contributed by atoms with E-state index in [0.29, 0.717) is 42.3 Å². The molecule has 0 fully saturated rings. The normalized spacial score (nSPS) is 13.2. The molecule has 1 aliphatic rings. The molecule has 3 rings (SSSR count). The van der Waals surface area contributed by atoms with Crippen LogP contribution >= 0.6 is 11.6 Å². The Balaban J connectivity index is 1.40. The summed E-state index contributed by atoms with van der Waals surface area (Å²) in [5, 5.41) is 16.5. The maximum atomic E-state index is 12.2. The van der Waals surface area contributed by atoms with E-state index in [1.165, 1.54) is 0 Å². The summed E-state index contributed by atoms with van der Waals surface area (Å²) in [4.78, 5) is 24.1. The molecule has 4 N–H and O–H groups in total. The first-order valence-electron chi connectivity index (χ1n) is 8.24. The molecule has 0 saturated heterocycles. The van der Waals surface area contributed by atoms with Crippen LogP contribution in [0, 0.1) is 0 Å². The highest BCUT2D eigenvalue weighted by Crippen LogP contribution is 2.15. The zero-order valence-electron chi connectivity index (χ0n) is 13.7. The van der Waals surface area contributed by atoms with Crippen LogP contribution in [-0.4, -0.2) is 35.1 Å². The number of benzene rings is 1. The summed E-state index contributed by atoms with van der Waals surface area (Å²) in [6.07, 6.45) is 1.72. The van der Waals surface area contributed by atoms with E-state index in [4.69, 9.17) is 11.6 Å². The van der Waals surface area contributed by atoms with E-state index in [1.807, 2.05) is 0 Å². The van der Waals surface area contributed by atoms with Gasteiger partial charge in [0.25, 0.3) is 5.91 Å². The zero-order valence-corrected chi connectivity index (χ0v) is 14.4. The second-order valence-electron chi connectivity index (χ2n) is 5.87. The van der Waals surface area contributed by atoms with E-state index >= 15 is 0 Å². The third kappa shape index (κ3) is 4.58. The average molecular weight is 362 g/mol. The molecule has 8 heteroatoms. The Morgan fingerprint density at radius 2 is 2.04 bits per heavy atom. The molecule has 0 unspecified atom stereocenters. The Bertz CT molecular complexity index is 757. The van der Waals surface area contributed by atoms with E-state index in [2.05, 4.69) is 26.1 Å². The predicted molar refractivity (Wildman–Crippen MR) is 95.6 cm³/mol. The number of amides is 2. The number of halogens is 1. The number of hydrogen-bond acceptors (Lipinski definition) is 4. The molecule has 1 aliphatic heterocycles. The van der Waals surface area contributed by atoms with Gasteiger partial charge < -0.3 is 16.0 Å². The highest BCUT2D eigenvalue weighted by atomic mass is 35.5. The Morgan fingerprint density at radius 1 is 1.24 bits per heavy atom. The highest BCUT2D eigenvalue weighted by molar-refractivity contribution is 6.30. The van der Waals surface area contributed by atoms with Crippen molar-refractivity contribution in [1.29, 1.82) is 0 Å². The molecule has 7 nitrogen and oxygen atoms in total. The lowest BCUT2D eigenvalue weighted by Crippen LogP contribution is -2.29. The standard InChI is InChI=1S/C17H20ClN5O2/c18-11-3-5-12(6-4-11)21-15(24)2-1-8-20-17(25)16-13-10-19-9-7-14(13)22-23-16/h3-6,19H,1-2,7-10H2,(H,20,25)(H,21,24)(H,22,23). The predicted octanol–water partition coefficient (Wildman–Crippen LogP) is 1.86. The van der Waals surface area contributed by atoms with Crippen LogP contribution in [-0.2, 0) is 17.8 Å². The molecule has 25 heavy (non-hydrogen) atoms. The molecule has 1 aromatic heterocycles. The van der Waals surface area contributed by atoms with Crippen LogP contribution in [0.15, 0.2) is 24.3 Å². The Hall–Kier alpha value is -2.38. The molecule has 0 atom stereocenters. The van der Waals surface area contributed by atoms with Crippen LogP contribution in [0.3, 0.4) is 0 Å². The van der Waals surface area contributed by atoms with Gasteiger partial charge in [0.2, 0.25) is 5.91 Å². The highest BCUT2D eigenvalue weighted by Gasteiger charge is 2.21. The smallest absolute Gasteiger partial charge is 0.272 e. The lowest BCUT2D eigenvalue weighted by Gasteiger charge is -2.12. The van der Waals surface area contributed by atoms with Gasteiger partial charge in [-0.05, 0) is 30.7 Å². The van der Waals surface area contributed by atoms with Gasteiger partial charge in [-0.1, -0.05) is 11.6 Å². The number of hydrogen-bond donors (Lipinski definition) is 4. The van der Waals surface area contributed by atoms with Gasteiger partial charge in [-0.2, -0.15) is 5.10 Å². The van der Waals surface area contributed by atoms with Gasteiger partial charge in [-0.3, -0.25) is 14.7 Å². The maximum Gasteiger partial charge on any atom is 0.272 e. The monoisotopic (exact) mass is 361 g/mol. The first kappa shape index (κ1) is 17.4. The van der Waals surface area contributed by atoms with Crippen molar-refractivity contribution in [2.45, 2.75) is 25.8 Å². The number of rotatable bonds is 6. The van der Waals surface area contributed by atoms with Gasteiger partial charge in [0, 0.05) is 54.4 Å². The molecule has 0 aliphatic carbocycles. The van der Waals surface area contributed by atoms with E-state index in [0.717, 1.165) is 24.2 Å². The minimum atomic E-state index is -0.209. The molecular weight excluding hydrogens is 342 g/mol. The Kier molecular flexibility index (Phi) is 5.67. The first-order chi connectivity index (χ1) is 12.1. The number of H-pyrrole nitrogens is 1. The van der Waals surface area contributed by atoms with Crippen molar-refractivity contribution in [2.75, 3.05) is 18.4 Å². The lowest BCUT2D eigenvalue weighted by atomic mass is 10.1. The van der Waals surface area contributed by atoms with Crippen LogP contribution < -0.4 is 16.0 Å². The van der Waals surface area contributed by atoms with E-state index in [9.17, 15) is 9.59 Å². The Morgan fingerprint density at radius 3 is 2.84 bits per heavy atom. The van der Waals surface area contributed by atoms with Crippen molar-refractivity contribution in [3.63, 3.8) is 0 Å². The molecule has 1 aromatic carbocycles. The fourth-order valence-electron chi connectivity index (χ4n) is 2.70. The molecule has 2 amide bonds. The quantitative estimate of drug-likeness (QED) is 0.590. The summed E-state index contributed by atoms with van der Waals surface area (Å²) in [7, 11) is 0. The number of carbonyl (C=O) groups is 2. The summed E-state index contributed by atoms with van der Waals surface area (Å²) in [5.41, 5.74) is 3.09. The molecule has 0 spiro atoms.